The molecule has 0 saturated carbocycles. The molecule has 1 atom stereocenters. The first kappa shape index (κ1) is 16.6. The van der Waals surface area contributed by atoms with Crippen LogP contribution in [0.25, 0.3) is 33.6 Å². The molecule has 4 aromatic heterocycles. The molecular weight excluding hydrogens is 354 g/mol. The van der Waals surface area contributed by atoms with Crippen molar-refractivity contribution in [3.8, 4) is 11.3 Å². The van der Waals surface area contributed by atoms with Gasteiger partial charge in [-0.1, -0.05) is 6.08 Å². The molecule has 1 unspecified atom stereocenters. The molecule has 0 amide bonds. The van der Waals surface area contributed by atoms with Gasteiger partial charge in [0, 0.05) is 29.9 Å². The fourth-order valence-corrected chi connectivity index (χ4v) is 3.73. The molecule has 0 spiro atoms. The Morgan fingerprint density at radius 3 is 3.00 bits per heavy atom. The number of allylic oxidation sites excluding steroid dienone is 1. The number of H-pyrrole nitrogens is 1. The summed E-state index contributed by atoms with van der Waals surface area (Å²) in [5.41, 5.74) is 3.13. The zero-order chi connectivity index (χ0) is 19.1. The highest BCUT2D eigenvalue weighted by Crippen LogP contribution is 2.26. The molecule has 1 aliphatic rings. The Morgan fingerprint density at radius 1 is 1.21 bits per heavy atom. The molecule has 0 saturated heterocycles. The van der Waals surface area contributed by atoms with Crippen molar-refractivity contribution in [2.24, 2.45) is 0 Å². The summed E-state index contributed by atoms with van der Waals surface area (Å²) in [7, 11) is 0. The summed E-state index contributed by atoms with van der Waals surface area (Å²) in [6, 6.07) is 3.97. The van der Waals surface area contributed by atoms with Gasteiger partial charge in [-0.2, -0.15) is 0 Å². The second-order valence-electron chi connectivity index (χ2n) is 6.78. The highest BCUT2D eigenvalue weighted by Gasteiger charge is 2.23. The molecule has 1 N–H and O–H groups in total. The molecule has 5 heterocycles. The zero-order valence-corrected chi connectivity index (χ0v) is 15.4. The normalized spacial score (nSPS) is 16.9. The van der Waals surface area contributed by atoms with Gasteiger partial charge in [0.05, 0.1) is 18.1 Å². The van der Waals surface area contributed by atoms with E-state index in [1.165, 1.54) is 6.20 Å². The van der Waals surface area contributed by atoms with E-state index in [4.69, 9.17) is 4.98 Å². The maximum atomic E-state index is 12.7. The summed E-state index contributed by atoms with van der Waals surface area (Å²) in [5, 5.41) is 0.998. The van der Waals surface area contributed by atoms with Crippen LogP contribution in [0.2, 0.25) is 0 Å². The lowest BCUT2D eigenvalue weighted by Crippen LogP contribution is -2.37. The Hall–Kier alpha value is -3.55. The van der Waals surface area contributed by atoms with Crippen LogP contribution in [0.3, 0.4) is 0 Å². The van der Waals surface area contributed by atoms with Crippen molar-refractivity contribution in [3.05, 3.63) is 59.5 Å². The van der Waals surface area contributed by atoms with Gasteiger partial charge < -0.3 is 9.88 Å². The topological polar surface area (TPSA) is 92.6 Å². The van der Waals surface area contributed by atoms with Crippen LogP contribution in [-0.2, 0) is 0 Å². The predicted molar refractivity (Wildman–Crippen MR) is 106 cm³/mol. The smallest absolute Gasteiger partial charge is 0.272 e. The van der Waals surface area contributed by atoms with Crippen LogP contribution in [0.5, 0.6) is 0 Å². The van der Waals surface area contributed by atoms with Crippen LogP contribution < -0.4 is 5.56 Å². The van der Waals surface area contributed by atoms with Gasteiger partial charge >= 0.3 is 0 Å². The first-order valence-electron chi connectivity index (χ1n) is 9.35. The molecule has 4 aromatic rings. The maximum Gasteiger partial charge on any atom is 0.272 e. The van der Waals surface area contributed by atoms with Crippen LogP contribution in [-0.4, -0.2) is 40.9 Å². The van der Waals surface area contributed by atoms with Gasteiger partial charge in [-0.25, -0.2) is 19.9 Å². The van der Waals surface area contributed by atoms with E-state index >= 15 is 0 Å². The Bertz CT molecular complexity index is 1260. The van der Waals surface area contributed by atoms with Crippen molar-refractivity contribution in [2.45, 2.75) is 25.9 Å². The summed E-state index contributed by atoms with van der Waals surface area (Å²) in [6.07, 6.45) is 12.5. The lowest BCUT2D eigenvalue weighted by Gasteiger charge is -2.33. The van der Waals surface area contributed by atoms with Gasteiger partial charge in [0.2, 0.25) is 0 Å². The molecule has 28 heavy (non-hydrogen) atoms. The van der Waals surface area contributed by atoms with Crippen molar-refractivity contribution in [1.29, 1.82) is 0 Å². The third kappa shape index (κ3) is 2.65. The van der Waals surface area contributed by atoms with Crippen molar-refractivity contribution in [3.63, 3.8) is 0 Å². The van der Waals surface area contributed by atoms with E-state index < -0.39 is 0 Å². The minimum atomic E-state index is -0.170. The highest BCUT2D eigenvalue weighted by atomic mass is 16.1. The summed E-state index contributed by atoms with van der Waals surface area (Å²) in [6.45, 7) is 2.88. The van der Waals surface area contributed by atoms with Crippen molar-refractivity contribution < 1.29 is 0 Å². The third-order valence-corrected chi connectivity index (χ3v) is 5.13. The number of rotatable bonds is 3. The van der Waals surface area contributed by atoms with Crippen LogP contribution in [0.15, 0.2) is 54.0 Å². The fourth-order valence-electron chi connectivity index (χ4n) is 3.73. The highest BCUT2D eigenvalue weighted by molar-refractivity contribution is 5.81. The number of nitrogens with zero attached hydrogens (tertiary/aromatic N) is 6. The Balaban J connectivity index is 1.70. The number of aromatic nitrogens is 6. The van der Waals surface area contributed by atoms with Crippen molar-refractivity contribution in [1.82, 2.24) is 34.4 Å². The molecular formula is C20H19N7O. The van der Waals surface area contributed by atoms with E-state index in [2.05, 4.69) is 37.8 Å². The largest absolute Gasteiger partial charge is 0.358 e. The minimum Gasteiger partial charge on any atom is -0.358 e. The molecule has 140 valence electrons. The van der Waals surface area contributed by atoms with E-state index in [1.807, 2.05) is 24.5 Å². The van der Waals surface area contributed by atoms with Gasteiger partial charge in [-0.05, 0) is 38.1 Å². The average Bonchev–Trinajstić information content (AvgIpc) is 3.21. The molecule has 1 aliphatic heterocycles. The lowest BCUT2D eigenvalue weighted by molar-refractivity contribution is 0.190. The number of fused-ring (bicyclic) bond motifs is 2. The molecule has 8 nitrogen and oxygen atoms in total. The second kappa shape index (κ2) is 6.56. The zero-order valence-electron chi connectivity index (χ0n) is 15.4. The summed E-state index contributed by atoms with van der Waals surface area (Å²) >= 11 is 0. The van der Waals surface area contributed by atoms with Crippen molar-refractivity contribution in [2.75, 3.05) is 6.54 Å². The molecule has 0 aliphatic carbocycles. The molecule has 0 radical (unpaired) electrons. The maximum absolute atomic E-state index is 12.7. The van der Waals surface area contributed by atoms with E-state index in [1.54, 1.807) is 17.0 Å². The van der Waals surface area contributed by atoms with Crippen LogP contribution in [0, 0.1) is 0 Å². The van der Waals surface area contributed by atoms with Crippen LogP contribution in [0.4, 0.5) is 0 Å². The molecule has 0 bridgehead atoms. The van der Waals surface area contributed by atoms with E-state index in [0.717, 1.165) is 36.0 Å². The Kier molecular flexibility index (Phi) is 3.89. The number of pyridine rings is 1. The molecule has 0 aromatic carbocycles. The number of hydrogen-bond donors (Lipinski definition) is 1. The molecule has 5 rings (SSSR count). The van der Waals surface area contributed by atoms with Gasteiger partial charge in [0.1, 0.15) is 11.8 Å². The second-order valence-corrected chi connectivity index (χ2v) is 6.78. The summed E-state index contributed by atoms with van der Waals surface area (Å²) in [4.78, 5) is 35.8. The fraction of sp³-hybridized carbons (Fsp3) is 0.250. The number of nitrogens with one attached hydrogen (secondary N) is 1. The lowest BCUT2D eigenvalue weighted by atomic mass is 10.1. The van der Waals surface area contributed by atoms with E-state index in [9.17, 15) is 4.79 Å². The SMILES string of the molecule is CCN1C=CCCC1n1c(=O)cnc2ncc(-c3cnc4[nH]ccc4c3)nc21. The first-order valence-corrected chi connectivity index (χ1v) is 9.35. The minimum absolute atomic E-state index is 0.0946. The van der Waals surface area contributed by atoms with E-state index in [-0.39, 0.29) is 11.7 Å². The van der Waals surface area contributed by atoms with E-state index in [0.29, 0.717) is 17.0 Å². The Labute approximate surface area is 160 Å². The van der Waals surface area contributed by atoms with Gasteiger partial charge in [0.15, 0.2) is 11.3 Å². The standard InChI is InChI=1S/C20H19N7O/c1-2-26-8-4-3-5-16(26)27-17(28)12-24-19-20(27)25-15(11-23-19)14-9-13-6-7-21-18(13)22-10-14/h4,6-12,16H,2-3,5H2,1H3,(H,21,22). The van der Waals surface area contributed by atoms with Gasteiger partial charge in [0.25, 0.3) is 5.56 Å². The van der Waals surface area contributed by atoms with Crippen LogP contribution in [0.1, 0.15) is 25.9 Å². The summed E-state index contributed by atoms with van der Waals surface area (Å²) < 4.78 is 1.72. The number of hydrogen-bond acceptors (Lipinski definition) is 6. The van der Waals surface area contributed by atoms with Crippen molar-refractivity contribution >= 4 is 22.3 Å². The monoisotopic (exact) mass is 373 g/mol. The first-order chi connectivity index (χ1) is 13.7. The van der Waals surface area contributed by atoms with Crippen LogP contribution >= 0.6 is 0 Å². The Morgan fingerprint density at radius 2 is 2.11 bits per heavy atom. The third-order valence-electron chi connectivity index (χ3n) is 5.13. The quantitative estimate of drug-likeness (QED) is 0.594. The summed E-state index contributed by atoms with van der Waals surface area (Å²) in [5.74, 6) is 0. The van der Waals surface area contributed by atoms with Gasteiger partial charge in [-0.3, -0.25) is 9.36 Å². The molecule has 0 fully saturated rings. The molecule has 8 heteroatoms. The van der Waals surface area contributed by atoms with Gasteiger partial charge in [-0.15, -0.1) is 0 Å². The average molecular weight is 373 g/mol. The number of aromatic amines is 1. The predicted octanol–water partition coefficient (Wildman–Crippen LogP) is 2.86.